The Labute approximate surface area is 187 Å². The maximum Gasteiger partial charge on any atom is 0.420 e. The van der Waals surface area contributed by atoms with Crippen molar-refractivity contribution in [3.8, 4) is 0 Å². The molecule has 168 valence electrons. The number of nitrogens with zero attached hydrogens (tertiary/aromatic N) is 2. The van der Waals surface area contributed by atoms with Gasteiger partial charge in [-0.15, -0.1) is 0 Å². The van der Waals surface area contributed by atoms with Crippen molar-refractivity contribution in [2.75, 3.05) is 42.7 Å². The molecular formula is C24H27N3O5. The zero-order valence-electron chi connectivity index (χ0n) is 18.1. The first-order valence-electron chi connectivity index (χ1n) is 10.8. The van der Waals surface area contributed by atoms with Crippen LogP contribution in [-0.4, -0.2) is 45.1 Å². The molecule has 1 fully saturated rings. The first-order valence-corrected chi connectivity index (χ1v) is 10.8. The molecule has 0 unspecified atom stereocenters. The molecule has 0 radical (unpaired) electrons. The molecule has 1 saturated heterocycles. The van der Waals surface area contributed by atoms with Crippen LogP contribution in [0.3, 0.4) is 0 Å². The lowest BCUT2D eigenvalue weighted by atomic mass is 10.0. The van der Waals surface area contributed by atoms with E-state index in [2.05, 4.69) is 16.3 Å². The highest BCUT2D eigenvalue weighted by atomic mass is 16.6. The Morgan fingerprint density at radius 1 is 1.06 bits per heavy atom. The summed E-state index contributed by atoms with van der Waals surface area (Å²) in [7, 11) is 0. The van der Waals surface area contributed by atoms with Crippen LogP contribution in [0.25, 0.3) is 0 Å². The van der Waals surface area contributed by atoms with Gasteiger partial charge in [-0.05, 0) is 48.7 Å². The van der Waals surface area contributed by atoms with Crippen molar-refractivity contribution in [1.82, 2.24) is 5.32 Å². The molecule has 0 aliphatic carbocycles. The highest BCUT2D eigenvalue weighted by Gasteiger charge is 2.29. The van der Waals surface area contributed by atoms with Gasteiger partial charge in [0.2, 0.25) is 0 Å². The molecule has 2 aliphatic heterocycles. The molecule has 2 amide bonds. The van der Waals surface area contributed by atoms with Crippen LogP contribution in [0.5, 0.6) is 0 Å². The van der Waals surface area contributed by atoms with Gasteiger partial charge in [-0.2, -0.15) is 0 Å². The van der Waals surface area contributed by atoms with Crippen LogP contribution < -0.4 is 15.1 Å². The van der Waals surface area contributed by atoms with E-state index in [0.717, 1.165) is 29.9 Å². The Morgan fingerprint density at radius 3 is 2.59 bits per heavy atom. The van der Waals surface area contributed by atoms with Crippen LogP contribution in [0.2, 0.25) is 0 Å². The second-order valence-corrected chi connectivity index (χ2v) is 7.43. The van der Waals surface area contributed by atoms with E-state index in [1.165, 1.54) is 4.90 Å². The summed E-state index contributed by atoms with van der Waals surface area (Å²) in [6.07, 6.45) is 1.18. The van der Waals surface area contributed by atoms with E-state index >= 15 is 0 Å². The van der Waals surface area contributed by atoms with E-state index in [1.54, 1.807) is 13.0 Å². The van der Waals surface area contributed by atoms with Crippen molar-refractivity contribution in [1.29, 1.82) is 0 Å². The van der Waals surface area contributed by atoms with Crippen molar-refractivity contribution in [3.63, 3.8) is 0 Å². The van der Waals surface area contributed by atoms with Crippen molar-refractivity contribution in [3.05, 3.63) is 71.6 Å². The van der Waals surface area contributed by atoms with Crippen LogP contribution >= 0.6 is 0 Å². The Hall–Kier alpha value is -3.52. The van der Waals surface area contributed by atoms with Gasteiger partial charge in [0.15, 0.2) is 0 Å². The van der Waals surface area contributed by atoms with Gasteiger partial charge < -0.3 is 19.1 Å². The van der Waals surface area contributed by atoms with Crippen molar-refractivity contribution < 1.29 is 23.8 Å². The van der Waals surface area contributed by atoms with E-state index in [9.17, 15) is 9.59 Å². The van der Waals surface area contributed by atoms with Crippen LogP contribution in [0.15, 0.2) is 60.4 Å². The normalized spacial score (nSPS) is 15.5. The molecule has 1 N–H and O–H groups in total. The summed E-state index contributed by atoms with van der Waals surface area (Å²) in [6.45, 7) is 5.17. The fourth-order valence-corrected chi connectivity index (χ4v) is 3.75. The maximum atomic E-state index is 12.8. The average Bonchev–Trinajstić information content (AvgIpc) is 2.83. The first-order chi connectivity index (χ1) is 15.7. The molecule has 2 aliphatic rings. The molecule has 0 bridgehead atoms. The largest absolute Gasteiger partial charge is 0.449 e. The molecule has 2 aromatic carbocycles. The monoisotopic (exact) mass is 437 g/mol. The lowest BCUT2D eigenvalue weighted by molar-refractivity contribution is 0.122. The third-order valence-corrected chi connectivity index (χ3v) is 5.33. The van der Waals surface area contributed by atoms with E-state index in [-0.39, 0.29) is 13.2 Å². The SMILES string of the molecule is CCOC(=O)N1C(NC(=O)OCc2ccccc2)=CCc2cc(N3CCOCC3)ccc21. The van der Waals surface area contributed by atoms with Gasteiger partial charge in [0, 0.05) is 18.8 Å². The number of alkyl carbamates (subject to hydrolysis) is 1. The number of carbonyl (C=O) groups is 2. The number of benzene rings is 2. The number of nitrogens with one attached hydrogen (secondary N) is 1. The summed E-state index contributed by atoms with van der Waals surface area (Å²) in [4.78, 5) is 28.8. The standard InChI is InChI=1S/C24H27N3O5/c1-2-31-24(29)27-21-10-9-20(26-12-14-30-15-13-26)16-19(21)8-11-22(27)25-23(28)32-17-18-6-4-3-5-7-18/h3-7,9-11,16H,2,8,12-15,17H2,1H3,(H,25,28). The highest BCUT2D eigenvalue weighted by molar-refractivity contribution is 5.94. The zero-order chi connectivity index (χ0) is 22.3. The quantitative estimate of drug-likeness (QED) is 0.766. The van der Waals surface area contributed by atoms with Crippen molar-refractivity contribution >= 4 is 23.6 Å². The number of rotatable bonds is 5. The fourth-order valence-electron chi connectivity index (χ4n) is 3.75. The van der Waals surface area contributed by atoms with Gasteiger partial charge in [0.05, 0.1) is 25.5 Å². The Morgan fingerprint density at radius 2 is 1.84 bits per heavy atom. The lowest BCUT2D eigenvalue weighted by Gasteiger charge is -2.33. The molecule has 8 nitrogen and oxygen atoms in total. The number of allylic oxidation sites excluding steroid dienone is 1. The summed E-state index contributed by atoms with van der Waals surface area (Å²) in [6, 6.07) is 15.4. The van der Waals surface area contributed by atoms with E-state index in [1.807, 2.05) is 42.5 Å². The first kappa shape index (κ1) is 21.7. The summed E-state index contributed by atoms with van der Waals surface area (Å²) >= 11 is 0. The predicted molar refractivity (Wildman–Crippen MR) is 121 cm³/mol. The number of hydrogen-bond acceptors (Lipinski definition) is 6. The van der Waals surface area contributed by atoms with Gasteiger partial charge in [-0.25, -0.2) is 14.5 Å². The summed E-state index contributed by atoms with van der Waals surface area (Å²) < 4.78 is 16.0. The van der Waals surface area contributed by atoms with Crippen molar-refractivity contribution in [2.24, 2.45) is 0 Å². The number of carbonyl (C=O) groups excluding carboxylic acids is 2. The van der Waals surface area contributed by atoms with Crippen molar-refractivity contribution in [2.45, 2.75) is 20.0 Å². The number of hydrogen-bond donors (Lipinski definition) is 1. The Kier molecular flexibility index (Phi) is 6.91. The molecule has 2 aromatic rings. The van der Waals surface area contributed by atoms with Gasteiger partial charge in [0.25, 0.3) is 0 Å². The predicted octanol–water partition coefficient (Wildman–Crippen LogP) is 3.81. The van der Waals surface area contributed by atoms with E-state index in [0.29, 0.717) is 31.1 Å². The molecular weight excluding hydrogens is 410 g/mol. The van der Waals surface area contributed by atoms with Crippen LogP contribution in [0.4, 0.5) is 21.0 Å². The number of fused-ring (bicyclic) bond motifs is 1. The minimum absolute atomic E-state index is 0.138. The van der Waals surface area contributed by atoms with Gasteiger partial charge in [-0.3, -0.25) is 5.32 Å². The summed E-state index contributed by atoms with van der Waals surface area (Å²) in [5.74, 6) is 0.327. The minimum atomic E-state index is -0.636. The number of anilines is 2. The summed E-state index contributed by atoms with van der Waals surface area (Å²) in [5, 5.41) is 2.70. The lowest BCUT2D eigenvalue weighted by Crippen LogP contribution is -2.42. The smallest absolute Gasteiger partial charge is 0.420 e. The number of morpholine rings is 1. The molecule has 2 heterocycles. The third kappa shape index (κ3) is 5.03. The number of ether oxygens (including phenoxy) is 3. The Balaban J connectivity index is 1.50. The van der Waals surface area contributed by atoms with Crippen LogP contribution in [-0.2, 0) is 27.2 Å². The summed E-state index contributed by atoms with van der Waals surface area (Å²) in [5.41, 5.74) is 3.62. The average molecular weight is 437 g/mol. The molecule has 0 aromatic heterocycles. The van der Waals surface area contributed by atoms with Gasteiger partial charge in [0.1, 0.15) is 12.4 Å². The highest BCUT2D eigenvalue weighted by Crippen LogP contribution is 2.33. The molecule has 32 heavy (non-hydrogen) atoms. The second kappa shape index (κ2) is 10.2. The molecule has 8 heteroatoms. The number of amides is 2. The second-order valence-electron chi connectivity index (χ2n) is 7.43. The molecule has 0 saturated carbocycles. The maximum absolute atomic E-state index is 12.8. The third-order valence-electron chi connectivity index (χ3n) is 5.33. The Bertz CT molecular complexity index is 986. The molecule has 0 spiro atoms. The topological polar surface area (TPSA) is 80.3 Å². The van der Waals surface area contributed by atoms with E-state index < -0.39 is 12.2 Å². The fraction of sp³-hybridized carbons (Fsp3) is 0.333. The molecule has 0 atom stereocenters. The molecule has 4 rings (SSSR count). The zero-order valence-corrected chi connectivity index (χ0v) is 18.1. The van der Waals surface area contributed by atoms with Crippen LogP contribution in [0, 0.1) is 0 Å². The minimum Gasteiger partial charge on any atom is -0.449 e. The van der Waals surface area contributed by atoms with E-state index in [4.69, 9.17) is 14.2 Å². The van der Waals surface area contributed by atoms with Gasteiger partial charge in [-0.1, -0.05) is 30.3 Å². The van der Waals surface area contributed by atoms with Gasteiger partial charge >= 0.3 is 12.2 Å². The van der Waals surface area contributed by atoms with Crippen LogP contribution in [0.1, 0.15) is 18.1 Å².